The molecular formula is C20H21NO3. The van der Waals surface area contributed by atoms with Crippen molar-refractivity contribution in [2.75, 3.05) is 0 Å². The van der Waals surface area contributed by atoms with Gasteiger partial charge in [-0.25, -0.2) is 4.79 Å². The summed E-state index contributed by atoms with van der Waals surface area (Å²) in [6.45, 7) is 0. The molecule has 1 aliphatic rings. The van der Waals surface area contributed by atoms with Gasteiger partial charge in [-0.1, -0.05) is 42.5 Å². The van der Waals surface area contributed by atoms with Crippen LogP contribution in [0.2, 0.25) is 0 Å². The van der Waals surface area contributed by atoms with Crippen LogP contribution in [-0.2, 0) is 24.1 Å². The fourth-order valence-corrected chi connectivity index (χ4v) is 3.28. The number of amides is 1. The van der Waals surface area contributed by atoms with Crippen LogP contribution in [0, 0.1) is 0 Å². The second kappa shape index (κ2) is 7.30. The largest absolute Gasteiger partial charge is 0.480 e. The van der Waals surface area contributed by atoms with Crippen LogP contribution in [0.15, 0.2) is 48.5 Å². The predicted octanol–water partition coefficient (Wildman–Crippen LogP) is 2.99. The first-order valence-corrected chi connectivity index (χ1v) is 8.33. The number of carboxylic acid groups (broad SMARTS) is 1. The minimum Gasteiger partial charge on any atom is -0.480 e. The van der Waals surface area contributed by atoms with Crippen LogP contribution < -0.4 is 5.32 Å². The van der Waals surface area contributed by atoms with E-state index < -0.39 is 12.0 Å². The Morgan fingerprint density at radius 3 is 2.50 bits per heavy atom. The summed E-state index contributed by atoms with van der Waals surface area (Å²) >= 11 is 0. The Kier molecular flexibility index (Phi) is 4.94. The molecule has 4 heteroatoms. The van der Waals surface area contributed by atoms with Crippen molar-refractivity contribution in [3.05, 3.63) is 70.8 Å². The summed E-state index contributed by atoms with van der Waals surface area (Å²) in [5, 5.41) is 12.1. The first-order valence-electron chi connectivity index (χ1n) is 8.33. The minimum atomic E-state index is -1.02. The van der Waals surface area contributed by atoms with Gasteiger partial charge >= 0.3 is 5.97 Å². The van der Waals surface area contributed by atoms with Gasteiger partial charge in [-0.15, -0.1) is 0 Å². The van der Waals surface area contributed by atoms with Crippen LogP contribution >= 0.6 is 0 Å². The van der Waals surface area contributed by atoms with E-state index in [0.717, 1.165) is 36.8 Å². The molecule has 0 radical (unpaired) electrons. The van der Waals surface area contributed by atoms with Crippen LogP contribution in [-0.4, -0.2) is 23.0 Å². The van der Waals surface area contributed by atoms with Crippen LogP contribution in [0.3, 0.4) is 0 Å². The standard InChI is InChI=1S/C20H21NO3/c22-19(17-12-6-10-15-9-4-5-11-16(15)17)21-18(20(23)24)13-14-7-2-1-3-8-14/h1-3,6-8,10,12,18H,4-5,9,11,13H2,(H,21,22)(H,23,24)/t18-/m0/s1. The summed E-state index contributed by atoms with van der Waals surface area (Å²) in [7, 11) is 0. The van der Waals surface area contributed by atoms with E-state index in [1.54, 1.807) is 6.07 Å². The first kappa shape index (κ1) is 16.2. The molecule has 1 aliphatic carbocycles. The SMILES string of the molecule is O=C(N[C@@H](Cc1ccccc1)C(=O)O)c1cccc2c1CCCC2. The third-order valence-electron chi connectivity index (χ3n) is 4.53. The van der Waals surface area contributed by atoms with Gasteiger partial charge in [0.1, 0.15) is 6.04 Å². The summed E-state index contributed by atoms with van der Waals surface area (Å²) in [6, 6.07) is 14.1. The Labute approximate surface area is 141 Å². The molecule has 1 amide bonds. The molecule has 1 atom stereocenters. The van der Waals surface area contributed by atoms with E-state index >= 15 is 0 Å². The van der Waals surface area contributed by atoms with Crippen molar-refractivity contribution in [1.82, 2.24) is 5.32 Å². The molecular weight excluding hydrogens is 302 g/mol. The lowest BCUT2D eigenvalue weighted by atomic mass is 9.88. The highest BCUT2D eigenvalue weighted by molar-refractivity contribution is 5.98. The Morgan fingerprint density at radius 1 is 1.00 bits per heavy atom. The van der Waals surface area contributed by atoms with Gasteiger partial charge in [0.25, 0.3) is 5.91 Å². The lowest BCUT2D eigenvalue weighted by molar-refractivity contribution is -0.139. The molecule has 2 N–H and O–H groups in total. The molecule has 0 spiro atoms. The maximum atomic E-state index is 12.6. The van der Waals surface area contributed by atoms with Crippen molar-refractivity contribution in [3.8, 4) is 0 Å². The van der Waals surface area contributed by atoms with E-state index in [0.29, 0.717) is 5.56 Å². The minimum absolute atomic E-state index is 0.275. The second-order valence-electron chi connectivity index (χ2n) is 6.20. The third-order valence-corrected chi connectivity index (χ3v) is 4.53. The number of carbonyl (C=O) groups excluding carboxylic acids is 1. The molecule has 0 aromatic heterocycles. The molecule has 24 heavy (non-hydrogen) atoms. The van der Waals surface area contributed by atoms with Crippen LogP contribution in [0.1, 0.15) is 39.9 Å². The average molecular weight is 323 g/mol. The number of hydrogen-bond donors (Lipinski definition) is 2. The number of carboxylic acids is 1. The van der Waals surface area contributed by atoms with E-state index in [1.165, 1.54) is 5.56 Å². The molecule has 0 saturated carbocycles. The normalized spacial score (nSPS) is 14.5. The van der Waals surface area contributed by atoms with E-state index in [9.17, 15) is 14.7 Å². The second-order valence-corrected chi connectivity index (χ2v) is 6.20. The van der Waals surface area contributed by atoms with Crippen molar-refractivity contribution < 1.29 is 14.7 Å². The van der Waals surface area contributed by atoms with Crippen molar-refractivity contribution >= 4 is 11.9 Å². The number of nitrogens with one attached hydrogen (secondary N) is 1. The molecule has 0 bridgehead atoms. The van der Waals surface area contributed by atoms with Gasteiger partial charge in [0, 0.05) is 12.0 Å². The van der Waals surface area contributed by atoms with E-state index in [-0.39, 0.29) is 12.3 Å². The Morgan fingerprint density at radius 2 is 1.75 bits per heavy atom. The zero-order valence-electron chi connectivity index (χ0n) is 13.5. The van der Waals surface area contributed by atoms with Gasteiger partial charge in [0.15, 0.2) is 0 Å². The highest BCUT2D eigenvalue weighted by Crippen LogP contribution is 2.24. The molecule has 2 aromatic carbocycles. The highest BCUT2D eigenvalue weighted by atomic mass is 16.4. The molecule has 124 valence electrons. The van der Waals surface area contributed by atoms with E-state index in [4.69, 9.17) is 0 Å². The van der Waals surface area contributed by atoms with Gasteiger partial charge < -0.3 is 10.4 Å². The van der Waals surface area contributed by atoms with Gasteiger partial charge in [-0.05, 0) is 48.4 Å². The zero-order chi connectivity index (χ0) is 16.9. The number of rotatable bonds is 5. The monoisotopic (exact) mass is 323 g/mol. The van der Waals surface area contributed by atoms with Crippen LogP contribution in [0.25, 0.3) is 0 Å². The fourth-order valence-electron chi connectivity index (χ4n) is 3.28. The summed E-state index contributed by atoms with van der Waals surface area (Å²) < 4.78 is 0. The number of aryl methyl sites for hydroxylation is 1. The molecule has 0 fully saturated rings. The summed E-state index contributed by atoms with van der Waals surface area (Å²) in [5.74, 6) is -1.31. The molecule has 0 aliphatic heterocycles. The average Bonchev–Trinajstić information content (AvgIpc) is 2.61. The quantitative estimate of drug-likeness (QED) is 0.889. The lowest BCUT2D eigenvalue weighted by Gasteiger charge is -2.20. The van der Waals surface area contributed by atoms with E-state index in [2.05, 4.69) is 11.4 Å². The number of hydrogen-bond acceptors (Lipinski definition) is 2. The summed E-state index contributed by atoms with van der Waals surface area (Å²) in [5.41, 5.74) is 3.79. The van der Waals surface area contributed by atoms with Gasteiger partial charge in [-0.2, -0.15) is 0 Å². The summed E-state index contributed by atoms with van der Waals surface area (Å²) in [4.78, 5) is 24.2. The van der Waals surface area contributed by atoms with Crippen molar-refractivity contribution in [3.63, 3.8) is 0 Å². The smallest absolute Gasteiger partial charge is 0.326 e. The molecule has 0 unspecified atom stereocenters. The topological polar surface area (TPSA) is 66.4 Å². The Hall–Kier alpha value is -2.62. The molecule has 0 saturated heterocycles. The maximum absolute atomic E-state index is 12.6. The van der Waals surface area contributed by atoms with Crippen molar-refractivity contribution in [2.45, 2.75) is 38.1 Å². The number of carbonyl (C=O) groups is 2. The van der Waals surface area contributed by atoms with Crippen LogP contribution in [0.5, 0.6) is 0 Å². The van der Waals surface area contributed by atoms with Gasteiger partial charge in [0.05, 0.1) is 0 Å². The highest BCUT2D eigenvalue weighted by Gasteiger charge is 2.23. The fraction of sp³-hybridized carbons (Fsp3) is 0.300. The third kappa shape index (κ3) is 3.65. The van der Waals surface area contributed by atoms with Crippen molar-refractivity contribution in [2.24, 2.45) is 0 Å². The Bertz CT molecular complexity index is 740. The zero-order valence-corrected chi connectivity index (χ0v) is 13.5. The van der Waals surface area contributed by atoms with Gasteiger partial charge in [-0.3, -0.25) is 4.79 Å². The van der Waals surface area contributed by atoms with Crippen LogP contribution in [0.4, 0.5) is 0 Å². The number of aliphatic carboxylic acids is 1. The number of fused-ring (bicyclic) bond motifs is 1. The van der Waals surface area contributed by atoms with Gasteiger partial charge in [0.2, 0.25) is 0 Å². The lowest BCUT2D eigenvalue weighted by Crippen LogP contribution is -2.42. The molecule has 2 aromatic rings. The molecule has 3 rings (SSSR count). The molecule has 4 nitrogen and oxygen atoms in total. The van der Waals surface area contributed by atoms with Crippen molar-refractivity contribution in [1.29, 1.82) is 0 Å². The first-order chi connectivity index (χ1) is 11.6. The van der Waals surface area contributed by atoms with E-state index in [1.807, 2.05) is 36.4 Å². The summed E-state index contributed by atoms with van der Waals surface area (Å²) in [6.07, 6.45) is 4.36. The predicted molar refractivity (Wildman–Crippen MR) is 92.1 cm³/mol. The number of benzene rings is 2. The molecule has 0 heterocycles. The maximum Gasteiger partial charge on any atom is 0.326 e. The Balaban J connectivity index is 1.78.